The molecule has 0 atom stereocenters. The van der Waals surface area contributed by atoms with Gasteiger partial charge in [-0.25, -0.2) is 22.9 Å². The van der Waals surface area contributed by atoms with Crippen LogP contribution in [-0.4, -0.2) is 49.8 Å². The number of carbonyl (C=O) groups is 1. The van der Waals surface area contributed by atoms with Crippen molar-refractivity contribution in [2.24, 2.45) is 0 Å². The summed E-state index contributed by atoms with van der Waals surface area (Å²) in [6, 6.07) is 0. The second-order valence-electron chi connectivity index (χ2n) is 4.89. The van der Waals surface area contributed by atoms with Crippen LogP contribution in [0.25, 0.3) is 0 Å². The molecule has 0 unspecified atom stereocenters. The van der Waals surface area contributed by atoms with Crippen molar-refractivity contribution in [1.82, 2.24) is 14.7 Å². The van der Waals surface area contributed by atoms with Crippen LogP contribution in [0.15, 0.2) is 12.4 Å². The van der Waals surface area contributed by atoms with Gasteiger partial charge in [0.05, 0.1) is 25.8 Å². The first-order valence-electron chi connectivity index (χ1n) is 5.76. The van der Waals surface area contributed by atoms with E-state index in [1.165, 1.54) is 19.5 Å². The summed E-state index contributed by atoms with van der Waals surface area (Å²) in [7, 11) is -2.06. The van der Waals surface area contributed by atoms with Crippen molar-refractivity contribution >= 4 is 21.8 Å². The van der Waals surface area contributed by atoms with Crippen LogP contribution in [0.4, 0.5) is 5.82 Å². The zero-order valence-corrected chi connectivity index (χ0v) is 12.6. The molecular formula is C11H18N4O4S. The highest BCUT2D eigenvalue weighted by atomic mass is 32.2. The molecule has 0 bridgehead atoms. The van der Waals surface area contributed by atoms with E-state index >= 15 is 0 Å². The summed E-state index contributed by atoms with van der Waals surface area (Å²) in [5, 5.41) is 2.92. The molecular weight excluding hydrogens is 284 g/mol. The number of anilines is 1. The van der Waals surface area contributed by atoms with E-state index in [0.29, 0.717) is 5.82 Å². The van der Waals surface area contributed by atoms with Crippen LogP contribution in [-0.2, 0) is 14.8 Å². The third kappa shape index (κ3) is 5.49. The van der Waals surface area contributed by atoms with E-state index in [0.717, 1.165) is 6.26 Å². The predicted octanol–water partition coefficient (Wildman–Crippen LogP) is 0.00290. The standard InChI is InChI=1S/C11H18N4O4S/c1-11(2,15-20(4,17)18)7-13-9-6-12-5-8(14-9)10(16)19-3/h5-6,15H,7H2,1-4H3,(H,13,14). The number of aromatic nitrogens is 2. The summed E-state index contributed by atoms with van der Waals surface area (Å²) in [5.74, 6) is -0.231. The Morgan fingerprint density at radius 2 is 2.05 bits per heavy atom. The second kappa shape index (κ2) is 6.14. The molecule has 0 aliphatic heterocycles. The van der Waals surface area contributed by atoms with Crippen molar-refractivity contribution in [3.8, 4) is 0 Å². The Hall–Kier alpha value is -1.74. The Morgan fingerprint density at radius 1 is 1.40 bits per heavy atom. The number of carbonyl (C=O) groups excluding carboxylic acids is 1. The lowest BCUT2D eigenvalue weighted by Gasteiger charge is -2.25. The van der Waals surface area contributed by atoms with Gasteiger partial charge in [0.1, 0.15) is 5.82 Å². The van der Waals surface area contributed by atoms with Crippen LogP contribution in [0.3, 0.4) is 0 Å². The van der Waals surface area contributed by atoms with E-state index in [-0.39, 0.29) is 12.2 Å². The highest BCUT2D eigenvalue weighted by Crippen LogP contribution is 2.08. The van der Waals surface area contributed by atoms with Crippen molar-refractivity contribution in [2.45, 2.75) is 19.4 Å². The van der Waals surface area contributed by atoms with Crippen LogP contribution in [0.5, 0.6) is 0 Å². The Morgan fingerprint density at radius 3 is 2.60 bits per heavy atom. The molecule has 8 nitrogen and oxygen atoms in total. The minimum Gasteiger partial charge on any atom is -0.464 e. The SMILES string of the molecule is COC(=O)c1cncc(NCC(C)(C)NS(C)(=O)=O)n1. The second-order valence-corrected chi connectivity index (χ2v) is 6.64. The van der Waals surface area contributed by atoms with Gasteiger partial charge in [0.2, 0.25) is 10.0 Å². The first-order valence-corrected chi connectivity index (χ1v) is 7.65. The zero-order chi connectivity index (χ0) is 15.4. The van der Waals surface area contributed by atoms with Crippen molar-refractivity contribution in [2.75, 3.05) is 25.2 Å². The number of ether oxygens (including phenoxy) is 1. The average molecular weight is 302 g/mol. The van der Waals surface area contributed by atoms with Gasteiger partial charge in [0.25, 0.3) is 0 Å². The number of rotatable bonds is 6. The molecule has 0 amide bonds. The number of hydrogen-bond donors (Lipinski definition) is 2. The van der Waals surface area contributed by atoms with Crippen molar-refractivity contribution in [3.63, 3.8) is 0 Å². The molecule has 1 aromatic rings. The summed E-state index contributed by atoms with van der Waals surface area (Å²) < 4.78 is 29.5. The molecule has 1 aromatic heterocycles. The Kier molecular flexibility index (Phi) is 5.01. The van der Waals surface area contributed by atoms with Gasteiger partial charge in [-0.3, -0.25) is 4.98 Å². The topological polar surface area (TPSA) is 110 Å². The maximum Gasteiger partial charge on any atom is 0.358 e. The molecule has 0 fully saturated rings. The van der Waals surface area contributed by atoms with Crippen LogP contribution < -0.4 is 10.0 Å². The number of methoxy groups -OCH3 is 1. The zero-order valence-electron chi connectivity index (χ0n) is 11.8. The van der Waals surface area contributed by atoms with Gasteiger partial charge in [-0.15, -0.1) is 0 Å². The molecule has 0 spiro atoms. The number of sulfonamides is 1. The molecule has 0 aliphatic carbocycles. The smallest absolute Gasteiger partial charge is 0.358 e. The largest absolute Gasteiger partial charge is 0.464 e. The number of nitrogens with zero attached hydrogens (tertiary/aromatic N) is 2. The Labute approximate surface area is 118 Å². The van der Waals surface area contributed by atoms with E-state index in [1.54, 1.807) is 13.8 Å². The monoisotopic (exact) mass is 302 g/mol. The van der Waals surface area contributed by atoms with Gasteiger partial charge >= 0.3 is 5.97 Å². The van der Waals surface area contributed by atoms with Gasteiger partial charge in [0, 0.05) is 12.1 Å². The van der Waals surface area contributed by atoms with Crippen molar-refractivity contribution < 1.29 is 17.9 Å². The summed E-state index contributed by atoms with van der Waals surface area (Å²) in [6.07, 6.45) is 3.81. The van der Waals surface area contributed by atoms with Crippen LogP contribution in [0.1, 0.15) is 24.3 Å². The molecule has 20 heavy (non-hydrogen) atoms. The highest BCUT2D eigenvalue weighted by Gasteiger charge is 2.22. The van der Waals surface area contributed by atoms with Crippen molar-refractivity contribution in [1.29, 1.82) is 0 Å². The van der Waals surface area contributed by atoms with E-state index in [4.69, 9.17) is 0 Å². The quantitative estimate of drug-likeness (QED) is 0.712. The number of hydrogen-bond acceptors (Lipinski definition) is 7. The highest BCUT2D eigenvalue weighted by molar-refractivity contribution is 7.88. The number of nitrogens with one attached hydrogen (secondary N) is 2. The summed E-state index contributed by atoms with van der Waals surface area (Å²) in [6.45, 7) is 3.72. The Balaban J connectivity index is 2.73. The van der Waals surface area contributed by atoms with Crippen LogP contribution in [0.2, 0.25) is 0 Å². The minimum atomic E-state index is -3.31. The maximum atomic E-state index is 11.3. The van der Waals surface area contributed by atoms with Crippen LogP contribution in [0, 0.1) is 0 Å². The summed E-state index contributed by atoms with van der Waals surface area (Å²) in [4.78, 5) is 19.2. The molecule has 2 N–H and O–H groups in total. The molecule has 9 heteroatoms. The fourth-order valence-corrected chi connectivity index (χ4v) is 2.58. The van der Waals surface area contributed by atoms with Gasteiger partial charge in [-0.05, 0) is 13.8 Å². The first kappa shape index (κ1) is 16.3. The van der Waals surface area contributed by atoms with Gasteiger partial charge < -0.3 is 10.1 Å². The van der Waals surface area contributed by atoms with E-state index in [2.05, 4.69) is 24.7 Å². The molecule has 0 saturated heterocycles. The fraction of sp³-hybridized carbons (Fsp3) is 0.545. The molecule has 1 heterocycles. The minimum absolute atomic E-state index is 0.0754. The lowest BCUT2D eigenvalue weighted by Crippen LogP contribution is -2.47. The molecule has 0 aliphatic rings. The van der Waals surface area contributed by atoms with E-state index in [9.17, 15) is 13.2 Å². The van der Waals surface area contributed by atoms with Gasteiger partial charge in [-0.2, -0.15) is 0 Å². The molecule has 112 valence electrons. The molecule has 1 rings (SSSR count). The van der Waals surface area contributed by atoms with Gasteiger partial charge in [-0.1, -0.05) is 0 Å². The normalized spacial score (nSPS) is 12.0. The molecule has 0 aromatic carbocycles. The van der Waals surface area contributed by atoms with Crippen molar-refractivity contribution in [3.05, 3.63) is 18.1 Å². The predicted molar refractivity (Wildman–Crippen MR) is 73.9 cm³/mol. The summed E-state index contributed by atoms with van der Waals surface area (Å²) in [5.41, 5.74) is -0.636. The molecule has 0 radical (unpaired) electrons. The van der Waals surface area contributed by atoms with E-state index in [1.807, 2.05) is 0 Å². The first-order chi connectivity index (χ1) is 9.13. The average Bonchev–Trinajstić information content (AvgIpc) is 2.33. The third-order valence-electron chi connectivity index (χ3n) is 2.20. The summed E-state index contributed by atoms with van der Waals surface area (Å²) >= 11 is 0. The van der Waals surface area contributed by atoms with E-state index < -0.39 is 21.5 Å². The third-order valence-corrected chi connectivity index (χ3v) is 3.13. The van der Waals surface area contributed by atoms with Gasteiger partial charge in [0.15, 0.2) is 5.69 Å². The number of esters is 1. The lowest BCUT2D eigenvalue weighted by molar-refractivity contribution is 0.0593. The fourth-order valence-electron chi connectivity index (χ4n) is 1.50. The maximum absolute atomic E-state index is 11.3. The lowest BCUT2D eigenvalue weighted by atomic mass is 10.1. The van der Waals surface area contributed by atoms with Crippen LogP contribution >= 0.6 is 0 Å². The molecule has 0 saturated carbocycles. The Bertz CT molecular complexity index is 586.